The third kappa shape index (κ3) is 3.84. The fourth-order valence-electron chi connectivity index (χ4n) is 1.59. The normalized spacial score (nSPS) is 11.3. The third-order valence-electron chi connectivity index (χ3n) is 2.55. The SMILES string of the molecule is NCCn1cc(C(=O)Nc2cccc(S(N)(=O)=O)c2)nn1. The first-order valence-corrected chi connectivity index (χ1v) is 7.49. The largest absolute Gasteiger partial charge is 0.329 e. The molecule has 5 N–H and O–H groups in total. The van der Waals surface area contributed by atoms with Crippen molar-refractivity contribution < 1.29 is 13.2 Å². The first kappa shape index (κ1) is 15.1. The molecule has 0 aliphatic rings. The van der Waals surface area contributed by atoms with Crippen LogP contribution >= 0.6 is 0 Å². The van der Waals surface area contributed by atoms with Crippen molar-refractivity contribution in [1.82, 2.24) is 15.0 Å². The van der Waals surface area contributed by atoms with E-state index < -0.39 is 15.9 Å². The molecule has 0 saturated heterocycles. The van der Waals surface area contributed by atoms with Gasteiger partial charge in [-0.1, -0.05) is 11.3 Å². The summed E-state index contributed by atoms with van der Waals surface area (Å²) in [6.45, 7) is 0.821. The number of sulfonamides is 1. The average molecular weight is 310 g/mol. The van der Waals surface area contributed by atoms with Crippen LogP contribution in [-0.4, -0.2) is 35.9 Å². The maximum absolute atomic E-state index is 12.0. The Balaban J connectivity index is 2.15. The highest BCUT2D eigenvalue weighted by Gasteiger charge is 2.13. The van der Waals surface area contributed by atoms with Crippen LogP contribution in [0.25, 0.3) is 0 Å². The third-order valence-corrected chi connectivity index (χ3v) is 3.46. The molecule has 10 heteroatoms. The molecule has 2 rings (SSSR count). The molecular weight excluding hydrogens is 296 g/mol. The number of hydrogen-bond acceptors (Lipinski definition) is 6. The van der Waals surface area contributed by atoms with Crippen LogP contribution in [0.3, 0.4) is 0 Å². The monoisotopic (exact) mass is 310 g/mol. The molecule has 1 amide bonds. The Labute approximate surface area is 121 Å². The minimum atomic E-state index is -3.83. The fourth-order valence-corrected chi connectivity index (χ4v) is 2.15. The maximum atomic E-state index is 12.0. The molecule has 0 saturated carbocycles. The molecule has 1 heterocycles. The van der Waals surface area contributed by atoms with Gasteiger partial charge in [-0.15, -0.1) is 5.10 Å². The number of anilines is 1. The van der Waals surface area contributed by atoms with Gasteiger partial charge in [-0.3, -0.25) is 9.48 Å². The van der Waals surface area contributed by atoms with Crippen molar-refractivity contribution in [3.63, 3.8) is 0 Å². The number of rotatable bonds is 5. The lowest BCUT2D eigenvalue weighted by atomic mass is 10.3. The Morgan fingerprint density at radius 1 is 1.38 bits per heavy atom. The van der Waals surface area contributed by atoms with E-state index in [-0.39, 0.29) is 10.6 Å². The van der Waals surface area contributed by atoms with E-state index in [1.807, 2.05) is 0 Å². The number of carbonyl (C=O) groups is 1. The molecule has 0 fully saturated rings. The van der Waals surface area contributed by atoms with Crippen molar-refractivity contribution in [2.75, 3.05) is 11.9 Å². The minimum Gasteiger partial charge on any atom is -0.329 e. The molecule has 0 atom stereocenters. The van der Waals surface area contributed by atoms with Crippen molar-refractivity contribution in [3.8, 4) is 0 Å². The number of nitrogens with one attached hydrogen (secondary N) is 1. The molecule has 112 valence electrons. The second kappa shape index (κ2) is 5.99. The summed E-state index contributed by atoms with van der Waals surface area (Å²) in [7, 11) is -3.83. The summed E-state index contributed by atoms with van der Waals surface area (Å²) in [6.07, 6.45) is 1.45. The van der Waals surface area contributed by atoms with E-state index in [9.17, 15) is 13.2 Å². The Morgan fingerprint density at radius 2 is 2.14 bits per heavy atom. The second-order valence-electron chi connectivity index (χ2n) is 4.18. The van der Waals surface area contributed by atoms with Gasteiger partial charge in [-0.05, 0) is 18.2 Å². The average Bonchev–Trinajstić information content (AvgIpc) is 2.87. The van der Waals surface area contributed by atoms with Crippen LogP contribution in [0, 0.1) is 0 Å². The molecule has 0 spiro atoms. The molecule has 1 aromatic heterocycles. The molecule has 1 aromatic carbocycles. The summed E-state index contributed by atoms with van der Waals surface area (Å²) < 4.78 is 23.9. The molecule has 9 nitrogen and oxygen atoms in total. The summed E-state index contributed by atoms with van der Waals surface area (Å²) >= 11 is 0. The zero-order chi connectivity index (χ0) is 15.5. The Hall–Kier alpha value is -2.30. The van der Waals surface area contributed by atoms with E-state index in [0.29, 0.717) is 18.8 Å². The van der Waals surface area contributed by atoms with Crippen LogP contribution in [0.1, 0.15) is 10.5 Å². The number of hydrogen-bond donors (Lipinski definition) is 3. The van der Waals surface area contributed by atoms with E-state index in [1.165, 1.54) is 35.1 Å². The predicted octanol–water partition coefficient (Wildman–Crippen LogP) is -0.863. The lowest BCUT2D eigenvalue weighted by molar-refractivity contribution is 0.102. The quantitative estimate of drug-likeness (QED) is 0.654. The number of aromatic nitrogens is 3. The van der Waals surface area contributed by atoms with Gasteiger partial charge in [-0.25, -0.2) is 13.6 Å². The zero-order valence-corrected chi connectivity index (χ0v) is 11.7. The van der Waals surface area contributed by atoms with Crippen molar-refractivity contribution >= 4 is 21.6 Å². The topological polar surface area (TPSA) is 146 Å². The highest BCUT2D eigenvalue weighted by molar-refractivity contribution is 7.89. The van der Waals surface area contributed by atoms with Crippen LogP contribution in [-0.2, 0) is 16.6 Å². The van der Waals surface area contributed by atoms with Crippen LogP contribution in [0.2, 0.25) is 0 Å². The van der Waals surface area contributed by atoms with Crippen molar-refractivity contribution in [2.24, 2.45) is 10.9 Å². The molecule has 2 aromatic rings. The minimum absolute atomic E-state index is 0.0907. The van der Waals surface area contributed by atoms with Gasteiger partial charge in [0.05, 0.1) is 17.6 Å². The van der Waals surface area contributed by atoms with Crippen molar-refractivity contribution in [3.05, 3.63) is 36.2 Å². The molecule has 21 heavy (non-hydrogen) atoms. The van der Waals surface area contributed by atoms with Gasteiger partial charge in [0.1, 0.15) is 0 Å². The number of amides is 1. The number of nitrogens with two attached hydrogens (primary N) is 2. The molecule has 0 radical (unpaired) electrons. The Kier molecular flexibility index (Phi) is 4.31. The predicted molar refractivity (Wildman–Crippen MR) is 74.8 cm³/mol. The number of benzene rings is 1. The first-order valence-electron chi connectivity index (χ1n) is 5.94. The number of carbonyl (C=O) groups excluding carboxylic acids is 1. The van der Waals surface area contributed by atoms with Crippen LogP contribution in [0.4, 0.5) is 5.69 Å². The van der Waals surface area contributed by atoms with Crippen LogP contribution in [0.5, 0.6) is 0 Å². The van der Waals surface area contributed by atoms with Gasteiger partial charge in [-0.2, -0.15) is 0 Å². The summed E-state index contributed by atoms with van der Waals surface area (Å²) in [5.74, 6) is -0.509. The van der Waals surface area contributed by atoms with E-state index in [0.717, 1.165) is 0 Å². The summed E-state index contributed by atoms with van der Waals surface area (Å²) in [5, 5.41) is 15.0. The maximum Gasteiger partial charge on any atom is 0.277 e. The summed E-state index contributed by atoms with van der Waals surface area (Å²) in [5.41, 5.74) is 5.76. The van der Waals surface area contributed by atoms with Crippen LogP contribution < -0.4 is 16.2 Å². The van der Waals surface area contributed by atoms with E-state index in [4.69, 9.17) is 10.9 Å². The summed E-state index contributed by atoms with van der Waals surface area (Å²) in [4.78, 5) is 11.9. The van der Waals surface area contributed by atoms with Gasteiger partial charge < -0.3 is 11.1 Å². The standard InChI is InChI=1S/C11H14N6O3S/c12-4-5-17-7-10(15-16-17)11(18)14-8-2-1-3-9(6-8)21(13,19)20/h1-3,6-7H,4-5,12H2,(H,14,18)(H2,13,19,20). The van der Waals surface area contributed by atoms with E-state index in [2.05, 4.69) is 15.6 Å². The van der Waals surface area contributed by atoms with Crippen molar-refractivity contribution in [1.29, 1.82) is 0 Å². The fraction of sp³-hybridized carbons (Fsp3) is 0.182. The Bertz CT molecular complexity index is 755. The van der Waals surface area contributed by atoms with Crippen molar-refractivity contribution in [2.45, 2.75) is 11.4 Å². The van der Waals surface area contributed by atoms with Gasteiger partial charge in [0.2, 0.25) is 10.0 Å². The zero-order valence-electron chi connectivity index (χ0n) is 10.9. The lowest BCUT2D eigenvalue weighted by Crippen LogP contribution is -2.15. The summed E-state index contributed by atoms with van der Waals surface area (Å²) in [6, 6.07) is 5.61. The second-order valence-corrected chi connectivity index (χ2v) is 5.74. The number of nitrogens with zero attached hydrogens (tertiary/aromatic N) is 3. The van der Waals surface area contributed by atoms with Gasteiger partial charge in [0.15, 0.2) is 5.69 Å². The highest BCUT2D eigenvalue weighted by Crippen LogP contribution is 2.14. The molecular formula is C11H14N6O3S. The van der Waals surface area contributed by atoms with E-state index in [1.54, 1.807) is 0 Å². The van der Waals surface area contributed by atoms with Gasteiger partial charge >= 0.3 is 0 Å². The van der Waals surface area contributed by atoms with Crippen LogP contribution in [0.15, 0.2) is 35.4 Å². The molecule has 0 unspecified atom stereocenters. The number of primary sulfonamides is 1. The highest BCUT2D eigenvalue weighted by atomic mass is 32.2. The smallest absolute Gasteiger partial charge is 0.277 e. The van der Waals surface area contributed by atoms with Gasteiger partial charge in [0, 0.05) is 12.2 Å². The van der Waals surface area contributed by atoms with Gasteiger partial charge in [0.25, 0.3) is 5.91 Å². The lowest BCUT2D eigenvalue weighted by Gasteiger charge is -2.04. The Morgan fingerprint density at radius 3 is 2.81 bits per heavy atom. The molecule has 0 aliphatic carbocycles. The first-order chi connectivity index (χ1) is 9.90. The van der Waals surface area contributed by atoms with E-state index >= 15 is 0 Å². The molecule has 0 aliphatic heterocycles. The molecule has 0 bridgehead atoms.